The Labute approximate surface area is 120 Å². The standard InChI is InChI=1S/C15H25NO4/c1-9(12(17)15(2,3)4)16-13(18)10-6-7-11(8-10)14(19)20-5/h9-11H,6-8H2,1-5H3,(H,16,18). The predicted octanol–water partition coefficient (Wildman–Crippen LogP) is 1.70. The summed E-state index contributed by atoms with van der Waals surface area (Å²) in [6.45, 7) is 7.21. The van der Waals surface area contributed by atoms with E-state index in [1.807, 2.05) is 20.8 Å². The summed E-state index contributed by atoms with van der Waals surface area (Å²) in [6, 6.07) is -0.500. The number of nitrogens with one attached hydrogen (secondary N) is 1. The van der Waals surface area contributed by atoms with Gasteiger partial charge in [-0.05, 0) is 26.2 Å². The molecule has 0 spiro atoms. The molecule has 0 aromatic rings. The van der Waals surface area contributed by atoms with Crippen LogP contribution < -0.4 is 5.32 Å². The zero-order valence-corrected chi connectivity index (χ0v) is 13.0. The number of hydrogen-bond donors (Lipinski definition) is 1. The van der Waals surface area contributed by atoms with Crippen molar-refractivity contribution in [3.63, 3.8) is 0 Å². The molecule has 1 aliphatic rings. The van der Waals surface area contributed by atoms with Crippen LogP contribution in [0.4, 0.5) is 0 Å². The second-order valence-corrected chi connectivity index (χ2v) is 6.57. The van der Waals surface area contributed by atoms with Crippen LogP contribution in [-0.4, -0.2) is 30.8 Å². The summed E-state index contributed by atoms with van der Waals surface area (Å²) in [5, 5.41) is 2.77. The molecule has 3 unspecified atom stereocenters. The number of rotatable bonds is 4. The number of esters is 1. The Kier molecular flexibility index (Phi) is 5.31. The maximum atomic E-state index is 12.1. The van der Waals surface area contributed by atoms with Crippen LogP contribution in [0.1, 0.15) is 47.0 Å². The molecule has 0 aromatic heterocycles. The second kappa shape index (κ2) is 6.37. The summed E-state index contributed by atoms with van der Waals surface area (Å²) in [5.74, 6) is -0.771. The van der Waals surface area contributed by atoms with Gasteiger partial charge in [-0.15, -0.1) is 0 Å². The maximum absolute atomic E-state index is 12.1. The van der Waals surface area contributed by atoms with Crippen molar-refractivity contribution in [1.29, 1.82) is 0 Å². The number of hydrogen-bond acceptors (Lipinski definition) is 4. The molecule has 0 heterocycles. The van der Waals surface area contributed by atoms with E-state index < -0.39 is 11.5 Å². The van der Waals surface area contributed by atoms with Crippen molar-refractivity contribution >= 4 is 17.7 Å². The first kappa shape index (κ1) is 16.7. The van der Waals surface area contributed by atoms with Crippen LogP contribution in [0.2, 0.25) is 0 Å². The van der Waals surface area contributed by atoms with Crippen LogP contribution in [0.5, 0.6) is 0 Å². The van der Waals surface area contributed by atoms with Gasteiger partial charge < -0.3 is 10.1 Å². The van der Waals surface area contributed by atoms with Gasteiger partial charge in [-0.1, -0.05) is 20.8 Å². The Morgan fingerprint density at radius 3 is 2.20 bits per heavy atom. The Morgan fingerprint density at radius 1 is 1.15 bits per heavy atom. The van der Waals surface area contributed by atoms with Gasteiger partial charge in [0.15, 0.2) is 5.78 Å². The molecule has 1 fully saturated rings. The number of Topliss-reactive ketones (excluding diaryl/α,β-unsaturated/α-hetero) is 1. The first-order valence-corrected chi connectivity index (χ1v) is 7.09. The normalized spacial score (nSPS) is 24.1. The lowest BCUT2D eigenvalue weighted by Crippen LogP contribution is -2.45. The summed E-state index contributed by atoms with van der Waals surface area (Å²) in [5.41, 5.74) is -0.475. The fraction of sp³-hybridized carbons (Fsp3) is 0.800. The average molecular weight is 283 g/mol. The molecule has 0 radical (unpaired) electrons. The van der Waals surface area contributed by atoms with Gasteiger partial charge in [-0.3, -0.25) is 14.4 Å². The largest absolute Gasteiger partial charge is 0.469 e. The predicted molar refractivity (Wildman–Crippen MR) is 74.9 cm³/mol. The van der Waals surface area contributed by atoms with Gasteiger partial charge in [-0.2, -0.15) is 0 Å². The lowest BCUT2D eigenvalue weighted by molar-refractivity contribution is -0.145. The van der Waals surface area contributed by atoms with E-state index in [0.717, 1.165) is 0 Å². The quantitative estimate of drug-likeness (QED) is 0.797. The molecule has 1 amide bonds. The highest BCUT2D eigenvalue weighted by molar-refractivity contribution is 5.92. The first-order chi connectivity index (χ1) is 9.16. The minimum Gasteiger partial charge on any atom is -0.469 e. The fourth-order valence-electron chi connectivity index (χ4n) is 2.65. The number of amides is 1. The van der Waals surface area contributed by atoms with E-state index in [-0.39, 0.29) is 29.5 Å². The van der Waals surface area contributed by atoms with Crippen LogP contribution in [-0.2, 0) is 19.1 Å². The van der Waals surface area contributed by atoms with Gasteiger partial charge in [0.1, 0.15) is 0 Å². The Morgan fingerprint density at radius 2 is 1.70 bits per heavy atom. The van der Waals surface area contributed by atoms with Crippen molar-refractivity contribution in [3.8, 4) is 0 Å². The highest BCUT2D eigenvalue weighted by Crippen LogP contribution is 2.32. The Balaban J connectivity index is 2.53. The minimum atomic E-state index is -0.500. The topological polar surface area (TPSA) is 72.5 Å². The van der Waals surface area contributed by atoms with Crippen molar-refractivity contribution in [2.45, 2.75) is 53.0 Å². The van der Waals surface area contributed by atoms with Gasteiger partial charge in [0.05, 0.1) is 19.1 Å². The highest BCUT2D eigenvalue weighted by Gasteiger charge is 2.36. The zero-order valence-electron chi connectivity index (χ0n) is 13.0. The average Bonchev–Trinajstić information content (AvgIpc) is 2.85. The smallest absolute Gasteiger partial charge is 0.308 e. The molecule has 114 valence electrons. The first-order valence-electron chi connectivity index (χ1n) is 7.09. The summed E-state index contributed by atoms with van der Waals surface area (Å²) in [7, 11) is 1.36. The molecule has 3 atom stereocenters. The van der Waals surface area contributed by atoms with E-state index in [9.17, 15) is 14.4 Å². The third kappa shape index (κ3) is 4.05. The van der Waals surface area contributed by atoms with Crippen LogP contribution >= 0.6 is 0 Å². The molecule has 0 saturated heterocycles. The van der Waals surface area contributed by atoms with Crippen LogP contribution in [0, 0.1) is 17.3 Å². The van der Waals surface area contributed by atoms with Crippen LogP contribution in [0.25, 0.3) is 0 Å². The van der Waals surface area contributed by atoms with Gasteiger partial charge in [-0.25, -0.2) is 0 Å². The monoisotopic (exact) mass is 283 g/mol. The third-order valence-corrected chi connectivity index (χ3v) is 3.83. The molecule has 1 N–H and O–H groups in total. The molecule has 5 heteroatoms. The summed E-state index contributed by atoms with van der Waals surface area (Å²) in [4.78, 5) is 35.6. The van der Waals surface area contributed by atoms with E-state index in [2.05, 4.69) is 5.32 Å². The second-order valence-electron chi connectivity index (χ2n) is 6.57. The lowest BCUT2D eigenvalue weighted by Gasteiger charge is -2.23. The molecule has 1 saturated carbocycles. The molecule has 1 aliphatic carbocycles. The number of ether oxygens (including phenoxy) is 1. The van der Waals surface area contributed by atoms with E-state index in [4.69, 9.17) is 4.74 Å². The molecular formula is C15H25NO4. The third-order valence-electron chi connectivity index (χ3n) is 3.83. The van der Waals surface area contributed by atoms with Crippen molar-refractivity contribution in [3.05, 3.63) is 0 Å². The number of methoxy groups -OCH3 is 1. The molecule has 1 rings (SSSR count). The van der Waals surface area contributed by atoms with Crippen LogP contribution in [0.15, 0.2) is 0 Å². The molecule has 20 heavy (non-hydrogen) atoms. The summed E-state index contributed by atoms with van der Waals surface area (Å²) >= 11 is 0. The molecule has 5 nitrogen and oxygen atoms in total. The summed E-state index contributed by atoms with van der Waals surface area (Å²) in [6.07, 6.45) is 1.85. The summed E-state index contributed by atoms with van der Waals surface area (Å²) < 4.78 is 4.70. The van der Waals surface area contributed by atoms with Crippen LogP contribution in [0.3, 0.4) is 0 Å². The van der Waals surface area contributed by atoms with Crippen molar-refractivity contribution in [1.82, 2.24) is 5.32 Å². The molecule has 0 aromatic carbocycles. The SMILES string of the molecule is COC(=O)C1CCC(C(=O)NC(C)C(=O)C(C)(C)C)C1. The van der Waals surface area contributed by atoms with Gasteiger partial charge >= 0.3 is 5.97 Å². The van der Waals surface area contributed by atoms with E-state index in [1.165, 1.54) is 7.11 Å². The number of carbonyl (C=O) groups excluding carboxylic acids is 3. The van der Waals surface area contributed by atoms with Gasteiger partial charge in [0.25, 0.3) is 0 Å². The molecule has 0 aliphatic heterocycles. The number of ketones is 1. The van der Waals surface area contributed by atoms with Crippen molar-refractivity contribution in [2.75, 3.05) is 7.11 Å². The maximum Gasteiger partial charge on any atom is 0.308 e. The molecule has 0 bridgehead atoms. The fourth-order valence-corrected chi connectivity index (χ4v) is 2.65. The van der Waals surface area contributed by atoms with Gasteiger partial charge in [0, 0.05) is 11.3 Å². The lowest BCUT2D eigenvalue weighted by atomic mass is 9.87. The Bertz CT molecular complexity index is 397. The van der Waals surface area contributed by atoms with Crippen molar-refractivity contribution < 1.29 is 19.1 Å². The Hall–Kier alpha value is -1.39. The van der Waals surface area contributed by atoms with Gasteiger partial charge in [0.2, 0.25) is 5.91 Å². The minimum absolute atomic E-state index is 0.00775. The van der Waals surface area contributed by atoms with E-state index >= 15 is 0 Å². The highest BCUT2D eigenvalue weighted by atomic mass is 16.5. The van der Waals surface area contributed by atoms with Crippen molar-refractivity contribution in [2.24, 2.45) is 17.3 Å². The number of carbonyl (C=O) groups is 3. The zero-order chi connectivity index (χ0) is 15.5. The molecular weight excluding hydrogens is 258 g/mol. The van der Waals surface area contributed by atoms with E-state index in [1.54, 1.807) is 6.92 Å². The van der Waals surface area contributed by atoms with E-state index in [0.29, 0.717) is 19.3 Å².